The zero-order valence-corrected chi connectivity index (χ0v) is 12.6. The topological polar surface area (TPSA) is 90.9 Å². The van der Waals surface area contributed by atoms with Gasteiger partial charge < -0.3 is 19.5 Å². The largest absolute Gasteiger partial charge is 0.469 e. The van der Waals surface area contributed by atoms with Gasteiger partial charge in [0.25, 0.3) is 0 Å². The van der Waals surface area contributed by atoms with Crippen LogP contribution in [-0.2, 0) is 23.8 Å². The van der Waals surface area contributed by atoms with Gasteiger partial charge in [0.15, 0.2) is 0 Å². The first-order valence-corrected chi connectivity index (χ1v) is 6.16. The first-order chi connectivity index (χ1) is 9.51. The van der Waals surface area contributed by atoms with E-state index in [0.29, 0.717) is 0 Å². The van der Waals surface area contributed by atoms with Crippen molar-refractivity contribution in [3.05, 3.63) is 0 Å². The van der Waals surface area contributed by atoms with Gasteiger partial charge >= 0.3 is 18.0 Å². The number of methoxy groups -OCH3 is 2. The minimum Gasteiger partial charge on any atom is -0.469 e. The molecule has 0 aliphatic rings. The highest BCUT2D eigenvalue weighted by atomic mass is 16.6. The lowest BCUT2D eigenvalue weighted by atomic mass is 10.1. The minimum absolute atomic E-state index is 0.103. The fraction of sp³-hybridized carbons (Fsp3) is 0.769. The third-order valence-electron chi connectivity index (χ3n) is 2.12. The second kappa shape index (κ2) is 8.39. The summed E-state index contributed by atoms with van der Waals surface area (Å²) in [5, 5.41) is 2.29. The van der Waals surface area contributed by atoms with Crippen LogP contribution in [0, 0.1) is 0 Å². The Kier molecular flexibility index (Phi) is 6.83. The quantitative estimate of drug-likeness (QED) is 0.587. The van der Waals surface area contributed by atoms with Crippen LogP contribution in [0.15, 0.2) is 0 Å². The number of hydrogen-bond acceptors (Lipinski definition) is 6. The molecule has 0 aliphatic carbocycles. The third kappa shape index (κ3) is 9.18. The van der Waals surface area contributed by atoms with Crippen molar-refractivity contribution in [3.63, 3.8) is 0 Å². The highest BCUT2D eigenvalue weighted by Crippen LogP contribution is 2.09. The molecule has 0 aliphatic heterocycles. The van der Waals surface area contributed by atoms with Crippen LogP contribution in [0.5, 0.6) is 0 Å². The van der Waals surface area contributed by atoms with Gasteiger partial charge in [-0.05, 0) is 27.2 Å². The van der Waals surface area contributed by atoms with E-state index < -0.39 is 36.1 Å². The average Bonchev–Trinajstić information content (AvgIpc) is 2.33. The Morgan fingerprint density at radius 3 is 2.15 bits per heavy atom. The van der Waals surface area contributed by atoms with Gasteiger partial charge in [0.1, 0.15) is 5.60 Å². The second-order valence-electron chi connectivity index (χ2n) is 5.06. The second-order valence-corrected chi connectivity index (χ2v) is 5.06. The highest BCUT2D eigenvalue weighted by molar-refractivity contribution is 5.73. The molecule has 0 bridgehead atoms. The summed E-state index contributed by atoms with van der Waals surface area (Å²) in [6, 6.07) is -1.70. The number of alkyl carbamates (subject to hydrolysis) is 1. The van der Waals surface area contributed by atoms with Crippen LogP contribution < -0.4 is 5.32 Å². The summed E-state index contributed by atoms with van der Waals surface area (Å²) in [6.07, 6.45) is -1.47. The van der Waals surface area contributed by atoms with Gasteiger partial charge in [0, 0.05) is 12.4 Å². The molecule has 0 aromatic rings. The molecular weight excluding hydrogens is 266 g/mol. The maximum absolute atomic E-state index is 11.7. The molecule has 1 amide bonds. The van der Waals surface area contributed by atoms with Crippen LogP contribution in [0.25, 0.3) is 0 Å². The van der Waals surface area contributed by atoms with E-state index in [-0.39, 0.29) is 12.8 Å². The number of nitrogens with one attached hydrogen (secondary N) is 1. The molecule has 7 heteroatoms. The van der Waals surface area contributed by atoms with E-state index in [2.05, 4.69) is 14.8 Å². The van der Waals surface area contributed by atoms with E-state index in [9.17, 15) is 14.4 Å². The van der Waals surface area contributed by atoms with Crippen LogP contribution in [-0.4, -0.2) is 43.9 Å². The molecule has 0 saturated heterocycles. The van der Waals surface area contributed by atoms with Gasteiger partial charge in [-0.2, -0.15) is 0 Å². The molecule has 1 N–H and O–H groups in total. The SMILES string of the molecule is [2H]C(CCC(=O)OC)(CC(=O)OC)NC(=O)OC(C)(C)C. The number of amides is 1. The van der Waals surface area contributed by atoms with Crippen molar-refractivity contribution >= 4 is 18.0 Å². The summed E-state index contributed by atoms with van der Waals surface area (Å²) >= 11 is 0. The third-order valence-corrected chi connectivity index (χ3v) is 2.12. The van der Waals surface area contributed by atoms with E-state index >= 15 is 0 Å². The Labute approximate surface area is 120 Å². The van der Waals surface area contributed by atoms with E-state index in [4.69, 9.17) is 6.11 Å². The summed E-state index contributed by atoms with van der Waals surface area (Å²) in [6.45, 7) is 5.02. The highest BCUT2D eigenvalue weighted by Gasteiger charge is 2.22. The lowest BCUT2D eigenvalue weighted by molar-refractivity contribution is -0.143. The summed E-state index contributed by atoms with van der Waals surface area (Å²) in [4.78, 5) is 34.3. The van der Waals surface area contributed by atoms with Crippen molar-refractivity contribution in [1.29, 1.82) is 0 Å². The molecule has 1 atom stereocenters. The fourth-order valence-electron chi connectivity index (χ4n) is 1.24. The molecule has 7 nitrogen and oxygen atoms in total. The average molecular weight is 290 g/mol. The molecule has 1 unspecified atom stereocenters. The van der Waals surface area contributed by atoms with Gasteiger partial charge in [-0.1, -0.05) is 0 Å². The predicted molar refractivity (Wildman–Crippen MR) is 71.0 cm³/mol. The number of carbonyl (C=O) groups is 3. The number of carbonyl (C=O) groups excluding carboxylic acids is 3. The maximum atomic E-state index is 11.7. The molecule has 0 rings (SSSR count). The molecular formula is C13H23NO6. The fourth-order valence-corrected chi connectivity index (χ4v) is 1.24. The molecule has 0 fully saturated rings. The Morgan fingerprint density at radius 1 is 1.15 bits per heavy atom. The van der Waals surface area contributed by atoms with E-state index in [1.54, 1.807) is 20.8 Å². The standard InChI is InChI=1S/C13H23NO6/c1-13(2,3)20-12(17)14-9(8-11(16)19-5)6-7-10(15)18-4/h9H,6-8H2,1-5H3,(H,14,17)/i9D. The van der Waals surface area contributed by atoms with E-state index in [0.717, 1.165) is 0 Å². The van der Waals surface area contributed by atoms with Gasteiger partial charge in [-0.3, -0.25) is 9.59 Å². The molecule has 0 spiro atoms. The molecule has 0 radical (unpaired) electrons. The number of rotatable bonds is 6. The first kappa shape index (κ1) is 16.3. The molecule has 0 saturated carbocycles. The van der Waals surface area contributed by atoms with Crippen molar-refractivity contribution in [3.8, 4) is 0 Å². The van der Waals surface area contributed by atoms with E-state index in [1.807, 2.05) is 0 Å². The Bertz CT molecular complexity index is 393. The van der Waals surface area contributed by atoms with Gasteiger partial charge in [0.2, 0.25) is 0 Å². The van der Waals surface area contributed by atoms with Crippen LogP contribution >= 0.6 is 0 Å². The van der Waals surface area contributed by atoms with Crippen molar-refractivity contribution in [1.82, 2.24) is 5.32 Å². The molecule has 20 heavy (non-hydrogen) atoms. The monoisotopic (exact) mass is 290 g/mol. The lowest BCUT2D eigenvalue weighted by Gasteiger charge is -2.23. The predicted octanol–water partition coefficient (Wildman–Crippen LogP) is 1.40. The molecule has 0 heterocycles. The van der Waals surface area contributed by atoms with Crippen molar-refractivity contribution in [2.45, 2.75) is 51.7 Å². The zero-order valence-electron chi connectivity index (χ0n) is 13.6. The molecule has 0 aromatic heterocycles. The Morgan fingerprint density at radius 2 is 1.70 bits per heavy atom. The lowest BCUT2D eigenvalue weighted by Crippen LogP contribution is -2.40. The number of hydrogen-bond donors (Lipinski definition) is 1. The summed E-state index contributed by atoms with van der Waals surface area (Å²) in [5.41, 5.74) is -0.737. The minimum atomic E-state index is -1.70. The Balaban J connectivity index is 4.82. The van der Waals surface area contributed by atoms with Crippen molar-refractivity contribution in [2.75, 3.05) is 14.2 Å². The van der Waals surface area contributed by atoms with E-state index in [1.165, 1.54) is 14.2 Å². The van der Waals surface area contributed by atoms with Crippen LogP contribution in [0.3, 0.4) is 0 Å². The van der Waals surface area contributed by atoms with Crippen LogP contribution in [0.4, 0.5) is 4.79 Å². The molecule has 0 aromatic carbocycles. The molecule has 116 valence electrons. The Hall–Kier alpha value is -1.79. The number of esters is 2. The smallest absolute Gasteiger partial charge is 0.407 e. The zero-order chi connectivity index (χ0) is 16.7. The van der Waals surface area contributed by atoms with Crippen LogP contribution in [0.2, 0.25) is 0 Å². The summed E-state index contributed by atoms with van der Waals surface area (Å²) in [7, 11) is 2.39. The summed E-state index contributed by atoms with van der Waals surface area (Å²) in [5.74, 6) is -1.21. The first-order valence-electron chi connectivity index (χ1n) is 6.66. The normalized spacial score (nSPS) is 14.6. The summed E-state index contributed by atoms with van der Waals surface area (Å²) < 4.78 is 22.2. The number of ether oxygens (including phenoxy) is 3. The van der Waals surface area contributed by atoms with Gasteiger partial charge in [0.05, 0.1) is 22.0 Å². The van der Waals surface area contributed by atoms with Crippen molar-refractivity contribution in [2.24, 2.45) is 0 Å². The van der Waals surface area contributed by atoms with Crippen molar-refractivity contribution < 1.29 is 30.0 Å². The maximum Gasteiger partial charge on any atom is 0.407 e. The van der Waals surface area contributed by atoms with Crippen LogP contribution in [0.1, 0.15) is 41.4 Å². The van der Waals surface area contributed by atoms with Gasteiger partial charge in [-0.15, -0.1) is 0 Å². The van der Waals surface area contributed by atoms with Gasteiger partial charge in [-0.25, -0.2) is 4.79 Å².